The molecule has 1 aromatic rings. The third-order valence-electron chi connectivity index (χ3n) is 3.78. The second-order valence-corrected chi connectivity index (χ2v) is 5.72. The molecule has 1 aliphatic heterocycles. The molecule has 0 radical (unpaired) electrons. The highest BCUT2D eigenvalue weighted by atomic mass is 16.2. The van der Waals surface area contributed by atoms with Crippen LogP contribution in [0.1, 0.15) is 26.7 Å². The third-order valence-corrected chi connectivity index (χ3v) is 3.78. The van der Waals surface area contributed by atoms with Gasteiger partial charge < -0.3 is 10.6 Å². The van der Waals surface area contributed by atoms with E-state index in [9.17, 15) is 4.79 Å². The lowest BCUT2D eigenvalue weighted by atomic mass is 9.79. The maximum atomic E-state index is 12.1. The van der Waals surface area contributed by atoms with Crippen molar-refractivity contribution < 1.29 is 4.79 Å². The normalized spacial score (nSPS) is 23.1. The van der Waals surface area contributed by atoms with Gasteiger partial charge in [0.05, 0.1) is 0 Å². The smallest absolute Gasteiger partial charge is 0.224 e. The zero-order chi connectivity index (χ0) is 13.2. The first-order chi connectivity index (χ1) is 8.49. The summed E-state index contributed by atoms with van der Waals surface area (Å²) in [6.07, 6.45) is 5.00. The molecule has 1 amide bonds. The van der Waals surface area contributed by atoms with Gasteiger partial charge in [-0.2, -0.15) is 5.10 Å². The van der Waals surface area contributed by atoms with Gasteiger partial charge in [-0.25, -0.2) is 0 Å². The number of amides is 1. The van der Waals surface area contributed by atoms with Crippen LogP contribution in [-0.2, 0) is 11.3 Å². The molecule has 1 atom stereocenters. The van der Waals surface area contributed by atoms with E-state index < -0.39 is 0 Å². The number of aryl methyl sites for hydroxylation is 1. The van der Waals surface area contributed by atoms with Crippen molar-refractivity contribution in [1.29, 1.82) is 0 Å². The van der Waals surface area contributed by atoms with Crippen LogP contribution < -0.4 is 5.73 Å². The van der Waals surface area contributed by atoms with Crippen molar-refractivity contribution in [2.45, 2.75) is 39.3 Å². The fraction of sp³-hybridized carbons (Fsp3) is 0.692. The molecule has 2 heterocycles. The highest BCUT2D eigenvalue weighted by molar-refractivity contribution is 5.76. The Labute approximate surface area is 108 Å². The maximum absolute atomic E-state index is 12.1. The van der Waals surface area contributed by atoms with E-state index in [1.54, 1.807) is 10.9 Å². The van der Waals surface area contributed by atoms with Crippen LogP contribution in [0.4, 0.5) is 0 Å². The molecule has 1 unspecified atom stereocenters. The summed E-state index contributed by atoms with van der Waals surface area (Å²) < 4.78 is 1.79. The van der Waals surface area contributed by atoms with Gasteiger partial charge in [0.1, 0.15) is 0 Å². The Balaban J connectivity index is 1.86. The summed E-state index contributed by atoms with van der Waals surface area (Å²) in [5, 5.41) is 4.10. The second kappa shape index (κ2) is 5.10. The number of nitrogens with zero attached hydrogens (tertiary/aromatic N) is 3. The predicted molar refractivity (Wildman–Crippen MR) is 69.8 cm³/mol. The number of piperidine rings is 1. The summed E-state index contributed by atoms with van der Waals surface area (Å²) in [6.45, 7) is 6.44. The minimum absolute atomic E-state index is 0.0135. The van der Waals surface area contributed by atoms with Crippen molar-refractivity contribution in [2.75, 3.05) is 13.1 Å². The van der Waals surface area contributed by atoms with Crippen molar-refractivity contribution in [2.24, 2.45) is 11.1 Å². The van der Waals surface area contributed by atoms with E-state index in [4.69, 9.17) is 5.73 Å². The van der Waals surface area contributed by atoms with Crippen LogP contribution in [0.2, 0.25) is 0 Å². The van der Waals surface area contributed by atoms with E-state index in [2.05, 4.69) is 18.9 Å². The highest BCUT2D eigenvalue weighted by Crippen LogP contribution is 2.27. The number of hydrogen-bond donors (Lipinski definition) is 1. The molecule has 0 aromatic carbocycles. The van der Waals surface area contributed by atoms with Crippen molar-refractivity contribution in [3.63, 3.8) is 0 Å². The molecule has 1 aromatic heterocycles. The number of carbonyl (C=O) groups excluding carboxylic acids is 1. The summed E-state index contributed by atoms with van der Waals surface area (Å²) in [5.74, 6) is 0.200. The van der Waals surface area contributed by atoms with Crippen LogP contribution in [-0.4, -0.2) is 39.7 Å². The van der Waals surface area contributed by atoms with E-state index in [1.807, 2.05) is 17.2 Å². The lowest BCUT2D eigenvalue weighted by molar-refractivity contribution is -0.134. The molecule has 1 aliphatic rings. The lowest BCUT2D eigenvalue weighted by Gasteiger charge is -2.42. The molecule has 0 bridgehead atoms. The Morgan fingerprint density at radius 2 is 2.33 bits per heavy atom. The van der Waals surface area contributed by atoms with Crippen LogP contribution in [0.5, 0.6) is 0 Å². The Morgan fingerprint density at radius 3 is 2.94 bits per heavy atom. The lowest BCUT2D eigenvalue weighted by Crippen LogP contribution is -2.54. The third kappa shape index (κ3) is 2.90. The Bertz CT molecular complexity index is 399. The number of likely N-dealkylation sites (tertiary alicyclic amines) is 1. The summed E-state index contributed by atoms with van der Waals surface area (Å²) in [5.41, 5.74) is 6.09. The predicted octanol–water partition coefficient (Wildman–Crippen LogP) is 0.859. The zero-order valence-electron chi connectivity index (χ0n) is 11.2. The number of hydrogen-bond acceptors (Lipinski definition) is 3. The van der Waals surface area contributed by atoms with Crippen molar-refractivity contribution in [3.05, 3.63) is 18.5 Å². The molecule has 0 saturated carbocycles. The summed E-state index contributed by atoms with van der Waals surface area (Å²) in [6, 6.07) is 2.06. The fourth-order valence-corrected chi connectivity index (χ4v) is 2.39. The molecule has 5 heteroatoms. The summed E-state index contributed by atoms with van der Waals surface area (Å²) in [4.78, 5) is 14.1. The molecule has 5 nitrogen and oxygen atoms in total. The van der Waals surface area contributed by atoms with Crippen molar-refractivity contribution >= 4 is 5.91 Å². The van der Waals surface area contributed by atoms with Gasteiger partial charge >= 0.3 is 0 Å². The molecular weight excluding hydrogens is 228 g/mol. The Kier molecular flexibility index (Phi) is 3.71. The second-order valence-electron chi connectivity index (χ2n) is 5.72. The van der Waals surface area contributed by atoms with Crippen LogP contribution in [0, 0.1) is 5.41 Å². The van der Waals surface area contributed by atoms with Gasteiger partial charge in [0.25, 0.3) is 0 Å². The van der Waals surface area contributed by atoms with Crippen LogP contribution in [0.15, 0.2) is 18.5 Å². The quantitative estimate of drug-likeness (QED) is 0.865. The van der Waals surface area contributed by atoms with E-state index in [0.717, 1.165) is 19.5 Å². The van der Waals surface area contributed by atoms with Crippen LogP contribution >= 0.6 is 0 Å². The molecule has 0 aliphatic carbocycles. The standard InChI is InChI=1S/C13H22N4O/c1-13(2)10-16(8-4-11(13)14)12(18)5-9-17-7-3-6-15-17/h3,6-7,11H,4-5,8-10,14H2,1-2H3. The summed E-state index contributed by atoms with van der Waals surface area (Å²) >= 11 is 0. The molecule has 1 saturated heterocycles. The zero-order valence-corrected chi connectivity index (χ0v) is 11.2. The van der Waals surface area contributed by atoms with Gasteiger partial charge in [0.2, 0.25) is 5.91 Å². The van der Waals surface area contributed by atoms with Crippen molar-refractivity contribution in [1.82, 2.24) is 14.7 Å². The number of nitrogens with two attached hydrogens (primary N) is 1. The number of rotatable bonds is 3. The first kappa shape index (κ1) is 13.1. The number of aromatic nitrogens is 2. The van der Waals surface area contributed by atoms with E-state index >= 15 is 0 Å². The fourth-order valence-electron chi connectivity index (χ4n) is 2.39. The molecule has 18 heavy (non-hydrogen) atoms. The van der Waals surface area contributed by atoms with Gasteiger partial charge in [0.15, 0.2) is 0 Å². The van der Waals surface area contributed by atoms with E-state index in [-0.39, 0.29) is 17.4 Å². The van der Waals surface area contributed by atoms with Gasteiger partial charge in [-0.15, -0.1) is 0 Å². The minimum atomic E-state index is 0.0135. The number of carbonyl (C=O) groups is 1. The molecular formula is C13H22N4O. The highest BCUT2D eigenvalue weighted by Gasteiger charge is 2.34. The Morgan fingerprint density at radius 1 is 1.56 bits per heavy atom. The minimum Gasteiger partial charge on any atom is -0.342 e. The van der Waals surface area contributed by atoms with E-state index in [0.29, 0.717) is 13.0 Å². The topological polar surface area (TPSA) is 64.2 Å². The van der Waals surface area contributed by atoms with Gasteiger partial charge in [-0.3, -0.25) is 9.48 Å². The largest absolute Gasteiger partial charge is 0.342 e. The monoisotopic (exact) mass is 250 g/mol. The van der Waals surface area contributed by atoms with Gasteiger partial charge in [0, 0.05) is 44.5 Å². The van der Waals surface area contributed by atoms with E-state index in [1.165, 1.54) is 0 Å². The summed E-state index contributed by atoms with van der Waals surface area (Å²) in [7, 11) is 0. The van der Waals surface area contributed by atoms with Crippen LogP contribution in [0.3, 0.4) is 0 Å². The molecule has 0 spiro atoms. The van der Waals surface area contributed by atoms with Gasteiger partial charge in [-0.05, 0) is 17.9 Å². The average Bonchev–Trinajstić information content (AvgIpc) is 2.82. The maximum Gasteiger partial charge on any atom is 0.224 e. The van der Waals surface area contributed by atoms with Crippen LogP contribution in [0.25, 0.3) is 0 Å². The molecule has 100 valence electrons. The molecule has 2 rings (SSSR count). The average molecular weight is 250 g/mol. The Hall–Kier alpha value is -1.36. The van der Waals surface area contributed by atoms with Gasteiger partial charge in [-0.1, -0.05) is 13.8 Å². The SMILES string of the molecule is CC1(C)CN(C(=O)CCn2cccn2)CCC1N. The van der Waals surface area contributed by atoms with Crippen molar-refractivity contribution in [3.8, 4) is 0 Å². The molecule has 1 fully saturated rings. The molecule has 2 N–H and O–H groups in total. The first-order valence-electron chi connectivity index (χ1n) is 6.50. The first-order valence-corrected chi connectivity index (χ1v) is 6.50.